The minimum absolute atomic E-state index is 0.0171. The fourth-order valence-electron chi connectivity index (χ4n) is 2.24. The van der Waals surface area contributed by atoms with E-state index in [0.29, 0.717) is 11.3 Å². The van der Waals surface area contributed by atoms with E-state index in [1.165, 1.54) is 37.4 Å². The van der Waals surface area contributed by atoms with E-state index in [2.05, 4.69) is 30.8 Å². The van der Waals surface area contributed by atoms with Crippen LogP contribution in [-0.2, 0) is 0 Å². The molecule has 12 heteroatoms. The quantitative estimate of drug-likeness (QED) is 0.372. The Morgan fingerprint density at radius 3 is 2.82 bits per heavy atom. The number of aromatic amines is 1. The van der Waals surface area contributed by atoms with Gasteiger partial charge in [-0.05, 0) is 19.9 Å². The van der Waals surface area contributed by atoms with Crippen molar-refractivity contribution >= 4 is 17.8 Å². The molecule has 0 saturated carbocycles. The fourth-order valence-corrected chi connectivity index (χ4v) is 2.24. The molecular weight excluding hydrogens is 368 g/mol. The molecule has 12 nitrogen and oxygen atoms in total. The highest BCUT2D eigenvalue weighted by atomic mass is 16.6. The minimum atomic E-state index is -0.620. The van der Waals surface area contributed by atoms with Gasteiger partial charge in [-0.15, -0.1) is 10.2 Å². The Morgan fingerprint density at radius 2 is 2.11 bits per heavy atom. The van der Waals surface area contributed by atoms with E-state index in [1.807, 2.05) is 0 Å². The average Bonchev–Trinajstić information content (AvgIpc) is 3.06. The monoisotopic (exact) mass is 382 g/mol. The maximum atomic E-state index is 12.4. The number of nitrogens with one attached hydrogen (secondary N) is 2. The summed E-state index contributed by atoms with van der Waals surface area (Å²) in [6, 6.07) is 7.26. The highest BCUT2D eigenvalue weighted by Crippen LogP contribution is 2.11. The van der Waals surface area contributed by atoms with Crippen molar-refractivity contribution in [2.45, 2.75) is 13.8 Å². The summed E-state index contributed by atoms with van der Waals surface area (Å²) < 4.78 is 1.14. The summed E-state index contributed by atoms with van der Waals surface area (Å²) in [5, 5.41) is 26.3. The molecule has 0 aliphatic carbocycles. The van der Waals surface area contributed by atoms with Gasteiger partial charge in [-0.1, -0.05) is 12.1 Å². The highest BCUT2D eigenvalue weighted by Gasteiger charge is 2.17. The van der Waals surface area contributed by atoms with Gasteiger partial charge < -0.3 is 0 Å². The molecule has 0 atom stereocenters. The summed E-state index contributed by atoms with van der Waals surface area (Å²) in [6.07, 6.45) is 1.27. The molecule has 3 aromatic rings. The Bertz CT molecular complexity index is 1150. The van der Waals surface area contributed by atoms with Crippen molar-refractivity contribution in [3.8, 4) is 5.95 Å². The van der Waals surface area contributed by atoms with Crippen LogP contribution in [0.15, 0.2) is 40.2 Å². The Morgan fingerprint density at radius 1 is 1.32 bits per heavy atom. The first-order valence-corrected chi connectivity index (χ1v) is 7.93. The summed E-state index contributed by atoms with van der Waals surface area (Å²) >= 11 is 0. The number of carbonyl (C=O) groups excluding carboxylic acids is 1. The standard InChI is InChI=1S/C16H14N8O4/c1-9-6-13(23(22-9)16-18-14(25)10(2)19-21-16)15(26)20-17-8-11-4-3-5-12(7-11)24(27)28/h3-8H,1-2H3,(H,20,26)(H,18,21,25)/b17-8-. The third-order valence-electron chi connectivity index (χ3n) is 3.57. The molecule has 0 spiro atoms. The van der Waals surface area contributed by atoms with Crippen LogP contribution >= 0.6 is 0 Å². The van der Waals surface area contributed by atoms with Gasteiger partial charge >= 0.3 is 0 Å². The fraction of sp³-hybridized carbons (Fsp3) is 0.125. The summed E-state index contributed by atoms with van der Waals surface area (Å²) in [5.41, 5.74) is 2.96. The van der Waals surface area contributed by atoms with Crippen LogP contribution in [0.25, 0.3) is 5.95 Å². The molecule has 0 unspecified atom stereocenters. The van der Waals surface area contributed by atoms with Crippen LogP contribution in [0.3, 0.4) is 0 Å². The first-order valence-electron chi connectivity index (χ1n) is 7.93. The molecule has 0 bridgehead atoms. The van der Waals surface area contributed by atoms with E-state index in [-0.39, 0.29) is 23.0 Å². The van der Waals surface area contributed by atoms with Crippen molar-refractivity contribution in [1.82, 2.24) is 30.4 Å². The van der Waals surface area contributed by atoms with Gasteiger partial charge in [0.25, 0.3) is 23.1 Å². The van der Waals surface area contributed by atoms with Crippen molar-refractivity contribution < 1.29 is 9.72 Å². The van der Waals surface area contributed by atoms with E-state index >= 15 is 0 Å². The van der Waals surface area contributed by atoms with Crippen molar-refractivity contribution in [1.29, 1.82) is 0 Å². The average molecular weight is 382 g/mol. The number of nitro benzene ring substituents is 1. The molecule has 0 aliphatic heterocycles. The third-order valence-corrected chi connectivity index (χ3v) is 3.57. The van der Waals surface area contributed by atoms with Crippen LogP contribution in [0, 0.1) is 24.0 Å². The molecule has 2 N–H and O–H groups in total. The van der Waals surface area contributed by atoms with Gasteiger partial charge in [0.05, 0.1) is 16.8 Å². The maximum Gasteiger partial charge on any atom is 0.290 e. The lowest BCUT2D eigenvalue weighted by Gasteiger charge is -2.04. The zero-order valence-electron chi connectivity index (χ0n) is 14.8. The lowest BCUT2D eigenvalue weighted by Crippen LogP contribution is -2.24. The SMILES string of the molecule is Cc1cc(C(=O)N/N=C\c2cccc([N+](=O)[O-])c2)n(-c2nnc(C)c(=O)[nH]2)n1. The number of aryl methyl sites for hydroxylation is 2. The number of aromatic nitrogens is 5. The first kappa shape index (κ1) is 18.6. The smallest absolute Gasteiger partial charge is 0.288 e. The van der Waals surface area contributed by atoms with Crippen molar-refractivity contribution in [2.75, 3.05) is 0 Å². The Hall–Kier alpha value is -4.22. The number of hydrogen-bond donors (Lipinski definition) is 2. The van der Waals surface area contributed by atoms with Crippen molar-refractivity contribution in [3.05, 3.63) is 73.4 Å². The second-order valence-electron chi connectivity index (χ2n) is 5.70. The normalized spacial score (nSPS) is 10.9. The van der Waals surface area contributed by atoms with Gasteiger partial charge in [0.1, 0.15) is 11.4 Å². The molecule has 142 valence electrons. The third kappa shape index (κ3) is 3.95. The van der Waals surface area contributed by atoms with Crippen LogP contribution < -0.4 is 11.0 Å². The van der Waals surface area contributed by atoms with Crippen LogP contribution in [0.2, 0.25) is 0 Å². The van der Waals surface area contributed by atoms with Crippen LogP contribution in [0.5, 0.6) is 0 Å². The van der Waals surface area contributed by atoms with Crippen molar-refractivity contribution in [2.24, 2.45) is 5.10 Å². The molecule has 2 aromatic heterocycles. The maximum absolute atomic E-state index is 12.4. The number of benzene rings is 1. The second kappa shape index (κ2) is 7.57. The summed E-state index contributed by atoms with van der Waals surface area (Å²) in [4.78, 5) is 36.9. The van der Waals surface area contributed by atoms with Crippen LogP contribution in [0.4, 0.5) is 5.69 Å². The molecule has 0 radical (unpaired) electrons. The van der Waals surface area contributed by atoms with E-state index < -0.39 is 16.4 Å². The number of amides is 1. The first-order chi connectivity index (χ1) is 13.3. The number of rotatable bonds is 5. The van der Waals surface area contributed by atoms with Crippen LogP contribution in [-0.4, -0.2) is 42.0 Å². The number of nitrogens with zero attached hydrogens (tertiary/aromatic N) is 6. The summed E-state index contributed by atoms with van der Waals surface area (Å²) in [6.45, 7) is 3.17. The summed E-state index contributed by atoms with van der Waals surface area (Å²) in [7, 11) is 0. The Balaban J connectivity index is 1.82. The number of hydrogen-bond acceptors (Lipinski definition) is 8. The van der Waals surface area contributed by atoms with Gasteiger partial charge in [-0.2, -0.15) is 14.9 Å². The highest BCUT2D eigenvalue weighted by molar-refractivity contribution is 5.94. The molecule has 3 rings (SSSR count). The van der Waals surface area contributed by atoms with Gasteiger partial charge in [-0.3, -0.25) is 24.7 Å². The van der Waals surface area contributed by atoms with E-state index in [9.17, 15) is 19.7 Å². The van der Waals surface area contributed by atoms with Gasteiger partial charge in [0, 0.05) is 17.7 Å². The van der Waals surface area contributed by atoms with Gasteiger partial charge in [-0.25, -0.2) is 5.43 Å². The largest absolute Gasteiger partial charge is 0.290 e. The van der Waals surface area contributed by atoms with Gasteiger partial charge in [0.15, 0.2) is 0 Å². The Labute approximate surface area is 157 Å². The Kier molecular flexibility index (Phi) is 5.02. The molecular formula is C16H14N8O4. The number of carbonyl (C=O) groups is 1. The lowest BCUT2D eigenvalue weighted by molar-refractivity contribution is -0.384. The predicted octanol–water partition coefficient (Wildman–Crippen LogP) is 0.640. The molecule has 0 aliphatic rings. The molecule has 2 heterocycles. The minimum Gasteiger partial charge on any atom is -0.288 e. The number of nitro groups is 1. The number of H-pyrrole nitrogens is 1. The lowest BCUT2D eigenvalue weighted by atomic mass is 10.2. The van der Waals surface area contributed by atoms with E-state index in [4.69, 9.17) is 0 Å². The van der Waals surface area contributed by atoms with E-state index in [1.54, 1.807) is 13.0 Å². The summed E-state index contributed by atoms with van der Waals surface area (Å²) in [5.74, 6) is -0.637. The molecule has 0 saturated heterocycles. The zero-order valence-corrected chi connectivity index (χ0v) is 14.8. The predicted molar refractivity (Wildman–Crippen MR) is 97.4 cm³/mol. The van der Waals surface area contributed by atoms with Crippen molar-refractivity contribution in [3.63, 3.8) is 0 Å². The zero-order chi connectivity index (χ0) is 20.3. The molecule has 1 amide bonds. The number of non-ortho nitro benzene ring substituents is 1. The van der Waals surface area contributed by atoms with E-state index in [0.717, 1.165) is 4.68 Å². The second-order valence-corrected chi connectivity index (χ2v) is 5.70. The number of hydrazone groups is 1. The molecule has 0 fully saturated rings. The van der Waals surface area contributed by atoms with Crippen LogP contribution in [0.1, 0.15) is 27.4 Å². The molecule has 1 aromatic carbocycles. The van der Waals surface area contributed by atoms with Gasteiger partial charge in [0.2, 0.25) is 0 Å². The molecule has 28 heavy (non-hydrogen) atoms. The topological polar surface area (TPSA) is 161 Å².